The van der Waals surface area contributed by atoms with E-state index in [2.05, 4.69) is 52.1 Å². The molecule has 0 saturated carbocycles. The summed E-state index contributed by atoms with van der Waals surface area (Å²) in [7, 11) is 0.481. The summed E-state index contributed by atoms with van der Waals surface area (Å²) in [5.74, 6) is 1.03. The van der Waals surface area contributed by atoms with Crippen LogP contribution in [-0.4, -0.2) is 15.2 Å². The van der Waals surface area contributed by atoms with Gasteiger partial charge in [0.2, 0.25) is 0 Å². The number of methoxy groups -OCH3 is 1. The van der Waals surface area contributed by atoms with Crippen molar-refractivity contribution in [3.63, 3.8) is 0 Å². The highest BCUT2D eigenvalue weighted by atomic mass is 28.3. The van der Waals surface area contributed by atoms with Gasteiger partial charge in [0.25, 0.3) is 0 Å². The Morgan fingerprint density at radius 1 is 1.12 bits per heavy atom. The minimum atomic E-state index is -1.27. The Labute approximate surface area is 101 Å². The standard InChI is InChI=1S/C14H24OSi/c1-14(2,3)16(5,6)11-12-9-7-8-10-13(12)15-4/h7-10H,11H2,1-6H3. The van der Waals surface area contributed by atoms with Crippen molar-refractivity contribution in [2.45, 2.75) is 44.9 Å². The molecule has 1 aromatic carbocycles. The Morgan fingerprint density at radius 3 is 2.19 bits per heavy atom. The van der Waals surface area contributed by atoms with Gasteiger partial charge in [-0.05, 0) is 22.7 Å². The molecule has 1 rings (SSSR count). The number of benzene rings is 1. The molecule has 0 unspecified atom stereocenters. The number of ether oxygens (including phenoxy) is 1. The van der Waals surface area contributed by atoms with Crippen molar-refractivity contribution in [3.8, 4) is 5.75 Å². The smallest absolute Gasteiger partial charge is 0.121 e. The van der Waals surface area contributed by atoms with E-state index in [1.54, 1.807) is 7.11 Å². The average Bonchev–Trinajstić information content (AvgIpc) is 2.16. The number of hydrogen-bond acceptors (Lipinski definition) is 1. The van der Waals surface area contributed by atoms with Crippen molar-refractivity contribution < 1.29 is 4.74 Å². The Morgan fingerprint density at radius 2 is 1.69 bits per heavy atom. The van der Waals surface area contributed by atoms with E-state index < -0.39 is 8.07 Å². The first kappa shape index (κ1) is 13.3. The molecule has 0 radical (unpaired) electrons. The average molecular weight is 236 g/mol. The second kappa shape index (κ2) is 4.62. The SMILES string of the molecule is COc1ccccc1C[Si](C)(C)C(C)(C)C. The van der Waals surface area contributed by atoms with Gasteiger partial charge < -0.3 is 4.74 Å². The van der Waals surface area contributed by atoms with E-state index in [0.717, 1.165) is 5.75 Å². The molecular weight excluding hydrogens is 212 g/mol. The van der Waals surface area contributed by atoms with Crippen molar-refractivity contribution in [3.05, 3.63) is 29.8 Å². The lowest BCUT2D eigenvalue weighted by Crippen LogP contribution is -2.40. The van der Waals surface area contributed by atoms with Crippen molar-refractivity contribution in [1.29, 1.82) is 0 Å². The molecule has 0 aliphatic heterocycles. The Bertz CT molecular complexity index is 350. The molecule has 2 heteroatoms. The summed E-state index contributed by atoms with van der Waals surface area (Å²) in [5, 5.41) is 0.424. The highest BCUT2D eigenvalue weighted by molar-refractivity contribution is 6.79. The van der Waals surface area contributed by atoms with Crippen LogP contribution in [0.25, 0.3) is 0 Å². The molecular formula is C14H24OSi. The van der Waals surface area contributed by atoms with Crippen molar-refractivity contribution in [2.75, 3.05) is 7.11 Å². The van der Waals surface area contributed by atoms with Crippen LogP contribution < -0.4 is 4.74 Å². The van der Waals surface area contributed by atoms with Crippen LogP contribution in [0.15, 0.2) is 24.3 Å². The zero-order chi connectivity index (χ0) is 12.4. The van der Waals surface area contributed by atoms with Crippen LogP contribution in [0.5, 0.6) is 5.75 Å². The van der Waals surface area contributed by atoms with Crippen LogP contribution in [-0.2, 0) is 6.04 Å². The minimum Gasteiger partial charge on any atom is -0.496 e. The molecule has 16 heavy (non-hydrogen) atoms. The molecule has 0 saturated heterocycles. The largest absolute Gasteiger partial charge is 0.496 e. The molecule has 0 atom stereocenters. The fourth-order valence-electron chi connectivity index (χ4n) is 1.59. The molecule has 90 valence electrons. The van der Waals surface area contributed by atoms with Crippen LogP contribution in [0.4, 0.5) is 0 Å². The fourth-order valence-corrected chi connectivity index (χ4v) is 3.36. The molecule has 1 nitrogen and oxygen atoms in total. The van der Waals surface area contributed by atoms with E-state index in [1.165, 1.54) is 11.6 Å². The van der Waals surface area contributed by atoms with Gasteiger partial charge in [0.05, 0.1) is 15.2 Å². The Hall–Kier alpha value is -0.763. The van der Waals surface area contributed by atoms with Gasteiger partial charge >= 0.3 is 0 Å². The van der Waals surface area contributed by atoms with E-state index in [-0.39, 0.29) is 0 Å². The Balaban J connectivity index is 2.96. The summed E-state index contributed by atoms with van der Waals surface area (Å²) in [4.78, 5) is 0. The lowest BCUT2D eigenvalue weighted by Gasteiger charge is -2.37. The lowest BCUT2D eigenvalue weighted by molar-refractivity contribution is 0.411. The maximum absolute atomic E-state index is 5.43. The first-order valence-electron chi connectivity index (χ1n) is 5.90. The van der Waals surface area contributed by atoms with Gasteiger partial charge in [0, 0.05) is 0 Å². The molecule has 1 aromatic rings. The third-order valence-corrected chi connectivity index (χ3v) is 9.18. The normalized spacial score (nSPS) is 12.6. The van der Waals surface area contributed by atoms with Crippen molar-refractivity contribution >= 4 is 8.07 Å². The molecule has 0 fully saturated rings. The highest BCUT2D eigenvalue weighted by Gasteiger charge is 2.35. The van der Waals surface area contributed by atoms with Gasteiger partial charge in [0.15, 0.2) is 0 Å². The number of hydrogen-bond donors (Lipinski definition) is 0. The Kier molecular flexibility index (Phi) is 3.84. The lowest BCUT2D eigenvalue weighted by atomic mass is 10.2. The van der Waals surface area contributed by atoms with Crippen molar-refractivity contribution in [2.24, 2.45) is 0 Å². The number of rotatable bonds is 3. The van der Waals surface area contributed by atoms with Crippen LogP contribution in [0, 0.1) is 0 Å². The van der Waals surface area contributed by atoms with E-state index in [9.17, 15) is 0 Å². The van der Waals surface area contributed by atoms with E-state index in [4.69, 9.17) is 4.74 Å². The van der Waals surface area contributed by atoms with Gasteiger partial charge in [-0.15, -0.1) is 0 Å². The molecule has 0 bridgehead atoms. The molecule has 0 spiro atoms. The molecule has 0 heterocycles. The predicted octanol–water partition coefficient (Wildman–Crippen LogP) is 4.29. The van der Waals surface area contributed by atoms with E-state index in [0.29, 0.717) is 5.04 Å². The minimum absolute atomic E-state index is 0.424. The third-order valence-electron chi connectivity index (χ3n) is 3.86. The van der Waals surface area contributed by atoms with Crippen LogP contribution in [0.2, 0.25) is 18.1 Å². The maximum atomic E-state index is 5.43. The zero-order valence-electron chi connectivity index (χ0n) is 11.4. The molecule has 0 N–H and O–H groups in total. The molecule has 0 aromatic heterocycles. The first-order valence-corrected chi connectivity index (χ1v) is 9.10. The second-order valence-electron chi connectivity index (χ2n) is 6.12. The maximum Gasteiger partial charge on any atom is 0.121 e. The predicted molar refractivity (Wildman–Crippen MR) is 73.9 cm³/mol. The quantitative estimate of drug-likeness (QED) is 0.712. The summed E-state index contributed by atoms with van der Waals surface area (Å²) in [6.07, 6.45) is 0. The third kappa shape index (κ3) is 2.88. The van der Waals surface area contributed by atoms with Gasteiger partial charge in [-0.1, -0.05) is 52.1 Å². The summed E-state index contributed by atoms with van der Waals surface area (Å²) in [6, 6.07) is 9.57. The number of para-hydroxylation sites is 1. The molecule has 0 aliphatic carbocycles. The van der Waals surface area contributed by atoms with E-state index >= 15 is 0 Å². The van der Waals surface area contributed by atoms with Crippen LogP contribution in [0.3, 0.4) is 0 Å². The van der Waals surface area contributed by atoms with E-state index in [1.807, 2.05) is 6.07 Å². The summed E-state index contributed by atoms with van der Waals surface area (Å²) in [6.45, 7) is 12.0. The second-order valence-corrected chi connectivity index (χ2v) is 11.7. The topological polar surface area (TPSA) is 9.23 Å². The van der Waals surface area contributed by atoms with Crippen molar-refractivity contribution in [1.82, 2.24) is 0 Å². The fraction of sp³-hybridized carbons (Fsp3) is 0.571. The highest BCUT2D eigenvalue weighted by Crippen LogP contribution is 2.39. The van der Waals surface area contributed by atoms with Crippen LogP contribution >= 0.6 is 0 Å². The first-order chi connectivity index (χ1) is 7.28. The van der Waals surface area contributed by atoms with Crippen LogP contribution in [0.1, 0.15) is 26.3 Å². The zero-order valence-corrected chi connectivity index (χ0v) is 12.4. The van der Waals surface area contributed by atoms with Gasteiger partial charge in [-0.2, -0.15) is 0 Å². The van der Waals surface area contributed by atoms with Gasteiger partial charge in [0.1, 0.15) is 5.75 Å². The monoisotopic (exact) mass is 236 g/mol. The summed E-state index contributed by atoms with van der Waals surface area (Å²) < 4.78 is 5.43. The van der Waals surface area contributed by atoms with Gasteiger partial charge in [-0.3, -0.25) is 0 Å². The molecule has 0 aliphatic rings. The van der Waals surface area contributed by atoms with Gasteiger partial charge in [-0.25, -0.2) is 0 Å². The molecule has 0 amide bonds. The summed E-state index contributed by atoms with van der Waals surface area (Å²) in [5.41, 5.74) is 1.36. The summed E-state index contributed by atoms with van der Waals surface area (Å²) >= 11 is 0.